The van der Waals surface area contributed by atoms with E-state index < -0.39 is 0 Å². The quantitative estimate of drug-likeness (QED) is 0.388. The van der Waals surface area contributed by atoms with Gasteiger partial charge in [-0.15, -0.1) is 0 Å². The van der Waals surface area contributed by atoms with Crippen LogP contribution in [0.25, 0.3) is 16.7 Å². The van der Waals surface area contributed by atoms with E-state index in [4.69, 9.17) is 14.6 Å². The first kappa shape index (κ1) is 25.0. The van der Waals surface area contributed by atoms with Crippen LogP contribution in [0.4, 0.5) is 5.69 Å². The Balaban J connectivity index is 1.65. The Hall–Kier alpha value is -4.07. The van der Waals surface area contributed by atoms with Crippen LogP contribution in [0.15, 0.2) is 47.3 Å². The Bertz CT molecular complexity index is 1480. The molecule has 8 nitrogen and oxygen atoms in total. The van der Waals surface area contributed by atoms with E-state index in [0.29, 0.717) is 35.7 Å². The molecule has 4 aromatic rings. The number of pyridine rings is 1. The van der Waals surface area contributed by atoms with Gasteiger partial charge in [-0.3, -0.25) is 14.2 Å². The lowest BCUT2D eigenvalue weighted by molar-refractivity contribution is -0.116. The van der Waals surface area contributed by atoms with Gasteiger partial charge in [0.25, 0.3) is 5.56 Å². The summed E-state index contributed by atoms with van der Waals surface area (Å²) in [6.07, 6.45) is 0.500. The maximum atomic E-state index is 13.6. The minimum absolute atomic E-state index is 0.0883. The van der Waals surface area contributed by atoms with Crippen LogP contribution in [0.1, 0.15) is 35.7 Å². The molecule has 2 aromatic carbocycles. The number of rotatable bonds is 8. The molecule has 1 amide bonds. The Morgan fingerprint density at radius 2 is 1.69 bits per heavy atom. The molecule has 8 heteroatoms. The number of carbonyl (C=O) groups is 1. The van der Waals surface area contributed by atoms with E-state index in [0.717, 1.165) is 33.5 Å². The predicted molar refractivity (Wildman–Crippen MR) is 142 cm³/mol. The molecule has 0 aliphatic carbocycles. The van der Waals surface area contributed by atoms with Gasteiger partial charge >= 0.3 is 0 Å². The lowest BCUT2D eigenvalue weighted by Gasteiger charge is -2.15. The number of hydrogen-bond acceptors (Lipinski definition) is 5. The number of fused-ring (bicyclic) bond motifs is 1. The molecule has 36 heavy (non-hydrogen) atoms. The normalized spacial score (nSPS) is 11.1. The molecule has 0 saturated heterocycles. The Labute approximate surface area is 210 Å². The summed E-state index contributed by atoms with van der Waals surface area (Å²) in [7, 11) is 3.11. The molecular formula is C28H32N4O4. The van der Waals surface area contributed by atoms with Crippen LogP contribution in [-0.2, 0) is 17.8 Å². The van der Waals surface area contributed by atoms with E-state index in [1.807, 2.05) is 56.6 Å². The number of aromatic nitrogens is 3. The molecule has 0 aliphatic rings. The number of carbonyl (C=O) groups excluding carboxylic acids is 1. The standard InChI is InChI=1S/C28H32N4O4/c1-7-31-27-26(19(4)30-32(27)21-11-8-17(2)9-12-21)18(3)22(28(31)34)13-15-25(33)29-20-10-14-23(35-5)24(16-20)36-6/h8-12,14,16H,7,13,15H2,1-6H3,(H,29,33). The second-order valence-electron chi connectivity index (χ2n) is 8.80. The van der Waals surface area contributed by atoms with Gasteiger partial charge in [0.05, 0.1) is 25.6 Å². The van der Waals surface area contributed by atoms with E-state index in [1.165, 1.54) is 0 Å². The van der Waals surface area contributed by atoms with Crippen LogP contribution in [-0.4, -0.2) is 34.5 Å². The van der Waals surface area contributed by atoms with Gasteiger partial charge in [0.2, 0.25) is 5.91 Å². The number of amides is 1. The SMILES string of the molecule is CCn1c(=O)c(CCC(=O)Nc2ccc(OC)c(OC)c2)c(C)c2c(C)nn(-c3ccc(C)cc3)c21. The van der Waals surface area contributed by atoms with Crippen molar-refractivity contribution >= 4 is 22.6 Å². The molecule has 0 radical (unpaired) electrons. The smallest absolute Gasteiger partial charge is 0.255 e. The molecule has 1 N–H and O–H groups in total. The van der Waals surface area contributed by atoms with Crippen LogP contribution < -0.4 is 20.3 Å². The van der Waals surface area contributed by atoms with E-state index in [2.05, 4.69) is 5.32 Å². The average Bonchev–Trinajstić information content (AvgIpc) is 3.21. The fourth-order valence-corrected chi connectivity index (χ4v) is 4.60. The number of anilines is 1. The molecule has 0 aliphatic heterocycles. The number of hydrogen-bond donors (Lipinski definition) is 1. The number of ether oxygens (including phenoxy) is 2. The maximum absolute atomic E-state index is 13.6. The molecule has 0 unspecified atom stereocenters. The highest BCUT2D eigenvalue weighted by atomic mass is 16.5. The highest BCUT2D eigenvalue weighted by Gasteiger charge is 2.21. The van der Waals surface area contributed by atoms with Crippen LogP contribution in [0.5, 0.6) is 11.5 Å². The van der Waals surface area contributed by atoms with Gasteiger partial charge in [0, 0.05) is 35.7 Å². The number of methoxy groups -OCH3 is 2. The first-order chi connectivity index (χ1) is 17.3. The third-order valence-corrected chi connectivity index (χ3v) is 6.49. The molecule has 188 valence electrons. The fourth-order valence-electron chi connectivity index (χ4n) is 4.60. The first-order valence-corrected chi connectivity index (χ1v) is 12.0. The summed E-state index contributed by atoms with van der Waals surface area (Å²) in [5, 5.41) is 8.61. The van der Waals surface area contributed by atoms with Crippen LogP contribution in [0.2, 0.25) is 0 Å². The van der Waals surface area contributed by atoms with Gasteiger partial charge in [0.15, 0.2) is 11.5 Å². The number of aryl methyl sites for hydroxylation is 4. The van der Waals surface area contributed by atoms with Gasteiger partial charge in [0.1, 0.15) is 5.65 Å². The summed E-state index contributed by atoms with van der Waals surface area (Å²) in [6.45, 7) is 8.39. The number of nitrogens with one attached hydrogen (secondary N) is 1. The summed E-state index contributed by atoms with van der Waals surface area (Å²) < 4.78 is 14.2. The molecule has 0 saturated carbocycles. The number of nitrogens with zero attached hydrogens (tertiary/aromatic N) is 3. The average molecular weight is 489 g/mol. The Kier molecular flexibility index (Phi) is 7.15. The van der Waals surface area contributed by atoms with Crippen molar-refractivity contribution in [2.75, 3.05) is 19.5 Å². The summed E-state index contributed by atoms with van der Waals surface area (Å²) in [5.74, 6) is 0.931. The topological polar surface area (TPSA) is 87.4 Å². The van der Waals surface area contributed by atoms with Crippen molar-refractivity contribution in [3.8, 4) is 17.2 Å². The van der Waals surface area contributed by atoms with E-state index in [1.54, 1.807) is 37.0 Å². The van der Waals surface area contributed by atoms with Crippen molar-refractivity contribution in [3.63, 3.8) is 0 Å². The Morgan fingerprint density at radius 1 is 1.00 bits per heavy atom. The molecule has 2 aromatic heterocycles. The largest absolute Gasteiger partial charge is 0.493 e. The maximum Gasteiger partial charge on any atom is 0.255 e. The predicted octanol–water partition coefficient (Wildman–Crippen LogP) is 4.72. The molecule has 0 atom stereocenters. The summed E-state index contributed by atoms with van der Waals surface area (Å²) >= 11 is 0. The zero-order chi connectivity index (χ0) is 26.0. The minimum Gasteiger partial charge on any atom is -0.493 e. The Morgan fingerprint density at radius 3 is 2.33 bits per heavy atom. The van der Waals surface area contributed by atoms with Gasteiger partial charge < -0.3 is 14.8 Å². The van der Waals surface area contributed by atoms with Crippen molar-refractivity contribution in [2.24, 2.45) is 0 Å². The van der Waals surface area contributed by atoms with Crippen molar-refractivity contribution in [3.05, 3.63) is 75.2 Å². The number of benzene rings is 2. The van der Waals surface area contributed by atoms with Gasteiger partial charge in [-0.25, -0.2) is 4.68 Å². The highest BCUT2D eigenvalue weighted by molar-refractivity contribution is 5.91. The second-order valence-corrected chi connectivity index (χ2v) is 8.80. The monoisotopic (exact) mass is 488 g/mol. The molecule has 0 spiro atoms. The van der Waals surface area contributed by atoms with Crippen LogP contribution in [0, 0.1) is 20.8 Å². The molecule has 0 bridgehead atoms. The van der Waals surface area contributed by atoms with Crippen molar-refractivity contribution < 1.29 is 14.3 Å². The zero-order valence-electron chi connectivity index (χ0n) is 21.6. The van der Waals surface area contributed by atoms with Crippen molar-refractivity contribution in [2.45, 2.75) is 47.1 Å². The van der Waals surface area contributed by atoms with Gasteiger partial charge in [-0.2, -0.15) is 5.10 Å². The van der Waals surface area contributed by atoms with Gasteiger partial charge in [-0.05, 0) is 63.9 Å². The second kappa shape index (κ2) is 10.3. The minimum atomic E-state index is -0.184. The lowest BCUT2D eigenvalue weighted by atomic mass is 10.0. The summed E-state index contributed by atoms with van der Waals surface area (Å²) in [6, 6.07) is 13.3. The van der Waals surface area contributed by atoms with Crippen LogP contribution >= 0.6 is 0 Å². The summed E-state index contributed by atoms with van der Waals surface area (Å²) in [4.78, 5) is 26.3. The van der Waals surface area contributed by atoms with E-state index >= 15 is 0 Å². The summed E-state index contributed by atoms with van der Waals surface area (Å²) in [5.41, 5.74) is 5.71. The van der Waals surface area contributed by atoms with E-state index in [9.17, 15) is 9.59 Å². The van der Waals surface area contributed by atoms with Crippen molar-refractivity contribution in [1.82, 2.24) is 14.3 Å². The van der Waals surface area contributed by atoms with E-state index in [-0.39, 0.29) is 17.9 Å². The third-order valence-electron chi connectivity index (χ3n) is 6.49. The van der Waals surface area contributed by atoms with Crippen molar-refractivity contribution in [1.29, 1.82) is 0 Å². The highest BCUT2D eigenvalue weighted by Crippen LogP contribution is 2.30. The molecule has 0 fully saturated rings. The molecular weight excluding hydrogens is 456 g/mol. The molecule has 4 rings (SSSR count). The fraction of sp³-hybridized carbons (Fsp3) is 0.321. The first-order valence-electron chi connectivity index (χ1n) is 12.0. The third kappa shape index (κ3) is 4.58. The zero-order valence-corrected chi connectivity index (χ0v) is 21.6. The molecule has 2 heterocycles. The van der Waals surface area contributed by atoms with Crippen LogP contribution in [0.3, 0.4) is 0 Å². The lowest BCUT2D eigenvalue weighted by Crippen LogP contribution is -2.27. The van der Waals surface area contributed by atoms with Gasteiger partial charge in [-0.1, -0.05) is 17.7 Å².